The summed E-state index contributed by atoms with van der Waals surface area (Å²) in [5.74, 6) is 0.720. The number of hydrogen-bond donors (Lipinski definition) is 2. The van der Waals surface area contributed by atoms with E-state index in [0.717, 1.165) is 12.8 Å². The highest BCUT2D eigenvalue weighted by molar-refractivity contribution is 5.90. The molecule has 2 rings (SSSR count). The number of ether oxygens (including phenoxy) is 1. The monoisotopic (exact) mass is 250 g/mol. The third-order valence-corrected chi connectivity index (χ3v) is 3.15. The minimum Gasteiger partial charge on any atom is -0.465 e. The lowest BCUT2D eigenvalue weighted by molar-refractivity contribution is 0.0599. The Morgan fingerprint density at radius 1 is 1.61 bits per heavy atom. The maximum Gasteiger partial charge on any atom is 0.339 e. The standard InChI is InChI=1S/C13H18N2O3/c1-8-10(13(17)18-2)5-6-12(15-8)14-7-11(16)9-3-4-9/h5-6,9,11,16H,3-4,7H2,1-2H3,(H,14,15). The molecule has 5 nitrogen and oxygen atoms in total. The number of carbonyl (C=O) groups is 1. The molecule has 0 bridgehead atoms. The van der Waals surface area contributed by atoms with Crippen LogP contribution in [-0.4, -0.2) is 35.8 Å². The molecule has 18 heavy (non-hydrogen) atoms. The van der Waals surface area contributed by atoms with Gasteiger partial charge in [-0.2, -0.15) is 0 Å². The fourth-order valence-corrected chi connectivity index (χ4v) is 1.84. The highest BCUT2D eigenvalue weighted by Gasteiger charge is 2.29. The largest absolute Gasteiger partial charge is 0.465 e. The van der Waals surface area contributed by atoms with Gasteiger partial charge in [-0.05, 0) is 37.8 Å². The van der Waals surface area contributed by atoms with Crippen LogP contribution in [0.5, 0.6) is 0 Å². The number of nitrogens with one attached hydrogen (secondary N) is 1. The predicted molar refractivity (Wildman–Crippen MR) is 67.5 cm³/mol. The Morgan fingerprint density at radius 3 is 2.89 bits per heavy atom. The number of anilines is 1. The number of esters is 1. The first-order valence-corrected chi connectivity index (χ1v) is 6.09. The molecule has 1 atom stereocenters. The van der Waals surface area contributed by atoms with Gasteiger partial charge in [0.15, 0.2) is 0 Å². The number of aliphatic hydroxyl groups excluding tert-OH is 1. The molecule has 1 aromatic rings. The zero-order valence-corrected chi connectivity index (χ0v) is 10.6. The summed E-state index contributed by atoms with van der Waals surface area (Å²) in [6, 6.07) is 3.40. The van der Waals surface area contributed by atoms with Gasteiger partial charge in [0.25, 0.3) is 0 Å². The van der Waals surface area contributed by atoms with Crippen molar-refractivity contribution in [2.24, 2.45) is 5.92 Å². The van der Waals surface area contributed by atoms with Crippen molar-refractivity contribution in [3.63, 3.8) is 0 Å². The smallest absolute Gasteiger partial charge is 0.339 e. The highest BCUT2D eigenvalue weighted by atomic mass is 16.5. The number of nitrogens with zero attached hydrogens (tertiary/aromatic N) is 1. The van der Waals surface area contributed by atoms with E-state index in [1.807, 2.05) is 0 Å². The van der Waals surface area contributed by atoms with E-state index in [9.17, 15) is 9.90 Å². The van der Waals surface area contributed by atoms with Gasteiger partial charge in [0.05, 0.1) is 24.5 Å². The molecule has 0 aromatic carbocycles. The number of rotatable bonds is 5. The second kappa shape index (κ2) is 5.35. The number of aliphatic hydroxyl groups is 1. The fourth-order valence-electron chi connectivity index (χ4n) is 1.84. The first-order chi connectivity index (χ1) is 8.61. The number of hydrogen-bond acceptors (Lipinski definition) is 5. The van der Waals surface area contributed by atoms with Crippen LogP contribution in [0, 0.1) is 12.8 Å². The van der Waals surface area contributed by atoms with Gasteiger partial charge in [0.1, 0.15) is 5.82 Å². The zero-order chi connectivity index (χ0) is 13.1. The van der Waals surface area contributed by atoms with Gasteiger partial charge < -0.3 is 15.2 Å². The minimum absolute atomic E-state index is 0.313. The average molecular weight is 250 g/mol. The van der Waals surface area contributed by atoms with E-state index in [2.05, 4.69) is 15.0 Å². The molecule has 1 saturated carbocycles. The summed E-state index contributed by atoms with van der Waals surface area (Å²) < 4.78 is 4.66. The summed E-state index contributed by atoms with van der Waals surface area (Å²) in [5, 5.41) is 12.8. The van der Waals surface area contributed by atoms with Gasteiger partial charge in [-0.15, -0.1) is 0 Å². The average Bonchev–Trinajstić information content (AvgIpc) is 3.19. The van der Waals surface area contributed by atoms with Crippen molar-refractivity contribution in [2.45, 2.75) is 25.9 Å². The molecule has 1 aliphatic carbocycles. The number of aromatic nitrogens is 1. The number of methoxy groups -OCH3 is 1. The van der Waals surface area contributed by atoms with Gasteiger partial charge in [-0.3, -0.25) is 0 Å². The van der Waals surface area contributed by atoms with Crippen LogP contribution < -0.4 is 5.32 Å². The molecule has 1 aromatic heterocycles. The van der Waals surface area contributed by atoms with Crippen molar-refractivity contribution >= 4 is 11.8 Å². The SMILES string of the molecule is COC(=O)c1ccc(NCC(O)C2CC2)nc1C. The minimum atomic E-state index is -0.385. The summed E-state index contributed by atoms with van der Waals surface area (Å²) in [4.78, 5) is 15.7. The Morgan fingerprint density at radius 2 is 2.33 bits per heavy atom. The van der Waals surface area contributed by atoms with Crippen molar-refractivity contribution in [2.75, 3.05) is 19.0 Å². The van der Waals surface area contributed by atoms with Gasteiger partial charge in [-0.25, -0.2) is 9.78 Å². The quantitative estimate of drug-likeness (QED) is 0.772. The van der Waals surface area contributed by atoms with Gasteiger partial charge in [-0.1, -0.05) is 0 Å². The van der Waals surface area contributed by atoms with Crippen LogP contribution in [0.1, 0.15) is 28.9 Å². The van der Waals surface area contributed by atoms with Crippen LogP contribution >= 0.6 is 0 Å². The molecule has 0 aliphatic heterocycles. The Labute approximate surface area is 106 Å². The molecule has 0 spiro atoms. The maximum absolute atomic E-state index is 11.4. The fraction of sp³-hybridized carbons (Fsp3) is 0.538. The van der Waals surface area contributed by atoms with E-state index in [1.165, 1.54) is 7.11 Å². The maximum atomic E-state index is 11.4. The number of pyridine rings is 1. The van der Waals surface area contributed by atoms with Crippen LogP contribution in [0.25, 0.3) is 0 Å². The summed E-state index contributed by atoms with van der Waals surface area (Å²) >= 11 is 0. The Kier molecular flexibility index (Phi) is 3.81. The Balaban J connectivity index is 1.97. The number of aryl methyl sites for hydroxylation is 1. The molecule has 1 unspecified atom stereocenters. The lowest BCUT2D eigenvalue weighted by Gasteiger charge is -2.12. The molecule has 1 heterocycles. The van der Waals surface area contributed by atoms with Gasteiger partial charge >= 0.3 is 5.97 Å². The van der Waals surface area contributed by atoms with Crippen LogP contribution in [-0.2, 0) is 4.74 Å². The van der Waals surface area contributed by atoms with E-state index in [4.69, 9.17) is 0 Å². The molecule has 0 saturated heterocycles. The molecular formula is C13H18N2O3. The molecule has 98 valence electrons. The highest BCUT2D eigenvalue weighted by Crippen LogP contribution is 2.32. The van der Waals surface area contributed by atoms with Crippen molar-refractivity contribution in [3.05, 3.63) is 23.4 Å². The first kappa shape index (κ1) is 12.8. The Bertz CT molecular complexity index is 444. The second-order valence-electron chi connectivity index (χ2n) is 4.61. The molecule has 5 heteroatoms. The molecular weight excluding hydrogens is 232 g/mol. The summed E-state index contributed by atoms with van der Waals surface area (Å²) in [6.45, 7) is 2.25. The third kappa shape index (κ3) is 2.98. The molecule has 0 radical (unpaired) electrons. The lowest BCUT2D eigenvalue weighted by atomic mass is 10.2. The van der Waals surface area contributed by atoms with Crippen molar-refractivity contribution in [1.29, 1.82) is 0 Å². The van der Waals surface area contributed by atoms with Crippen LogP contribution in [0.3, 0.4) is 0 Å². The van der Waals surface area contributed by atoms with Crippen LogP contribution in [0.15, 0.2) is 12.1 Å². The van der Waals surface area contributed by atoms with Crippen molar-refractivity contribution < 1.29 is 14.6 Å². The second-order valence-corrected chi connectivity index (χ2v) is 4.61. The molecule has 0 amide bonds. The van der Waals surface area contributed by atoms with E-state index in [1.54, 1.807) is 19.1 Å². The topological polar surface area (TPSA) is 71.5 Å². The first-order valence-electron chi connectivity index (χ1n) is 6.09. The van der Waals surface area contributed by atoms with Gasteiger partial charge in [0, 0.05) is 6.54 Å². The molecule has 1 fully saturated rings. The third-order valence-electron chi connectivity index (χ3n) is 3.15. The molecule has 1 aliphatic rings. The van der Waals surface area contributed by atoms with Gasteiger partial charge in [0.2, 0.25) is 0 Å². The van der Waals surface area contributed by atoms with Crippen LogP contribution in [0.2, 0.25) is 0 Å². The van der Waals surface area contributed by atoms with Crippen molar-refractivity contribution in [3.8, 4) is 0 Å². The summed E-state index contributed by atoms with van der Waals surface area (Å²) in [5.41, 5.74) is 1.08. The summed E-state index contributed by atoms with van der Waals surface area (Å²) in [7, 11) is 1.35. The lowest BCUT2D eigenvalue weighted by Crippen LogP contribution is -2.22. The van der Waals surface area contributed by atoms with Crippen molar-refractivity contribution in [1.82, 2.24) is 4.98 Å². The van der Waals surface area contributed by atoms with E-state index in [-0.39, 0.29) is 12.1 Å². The summed E-state index contributed by atoms with van der Waals surface area (Å²) in [6.07, 6.45) is 1.90. The molecule has 2 N–H and O–H groups in total. The van der Waals surface area contributed by atoms with E-state index < -0.39 is 0 Å². The van der Waals surface area contributed by atoms with E-state index in [0.29, 0.717) is 29.5 Å². The number of carbonyl (C=O) groups excluding carboxylic acids is 1. The zero-order valence-electron chi connectivity index (χ0n) is 10.6. The van der Waals surface area contributed by atoms with Crippen LogP contribution in [0.4, 0.5) is 5.82 Å². The van der Waals surface area contributed by atoms with E-state index >= 15 is 0 Å². The normalized spacial score (nSPS) is 16.2. The predicted octanol–water partition coefficient (Wildman–Crippen LogP) is 1.36. The Hall–Kier alpha value is -1.62.